The molecule has 2 aromatic carbocycles. The van der Waals surface area contributed by atoms with Crippen LogP contribution in [-0.4, -0.2) is 5.11 Å². The Bertz CT molecular complexity index is 595. The van der Waals surface area contributed by atoms with Gasteiger partial charge in [-0.2, -0.15) is 0 Å². The lowest BCUT2D eigenvalue weighted by Crippen LogP contribution is -2.28. The van der Waals surface area contributed by atoms with Gasteiger partial charge in [0.2, 0.25) is 0 Å². The molecule has 0 bridgehead atoms. The van der Waals surface area contributed by atoms with Gasteiger partial charge in [0.05, 0.1) is 0 Å². The van der Waals surface area contributed by atoms with Crippen molar-refractivity contribution in [2.75, 3.05) is 0 Å². The van der Waals surface area contributed by atoms with Gasteiger partial charge in [-0.1, -0.05) is 31.2 Å². The minimum Gasteiger partial charge on any atom is -0.380 e. The van der Waals surface area contributed by atoms with E-state index in [0.717, 1.165) is 5.56 Å². The van der Waals surface area contributed by atoms with E-state index < -0.39 is 17.2 Å². The van der Waals surface area contributed by atoms with Gasteiger partial charge in [-0.3, -0.25) is 0 Å². The first-order valence-corrected chi connectivity index (χ1v) is 6.23. The van der Waals surface area contributed by atoms with E-state index in [1.54, 1.807) is 32.0 Å². The van der Waals surface area contributed by atoms with Crippen molar-refractivity contribution >= 4 is 0 Å². The molecule has 0 aromatic heterocycles. The Hall–Kier alpha value is -1.74. The average molecular weight is 262 g/mol. The van der Waals surface area contributed by atoms with E-state index in [4.69, 9.17) is 0 Å². The molecule has 2 aromatic rings. The highest BCUT2D eigenvalue weighted by molar-refractivity contribution is 5.41. The van der Waals surface area contributed by atoms with E-state index in [9.17, 15) is 13.9 Å². The van der Waals surface area contributed by atoms with E-state index in [-0.39, 0.29) is 12.0 Å². The number of hydrogen-bond donors (Lipinski definition) is 1. The summed E-state index contributed by atoms with van der Waals surface area (Å²) in [6.45, 7) is 3.52. The predicted molar refractivity (Wildman–Crippen MR) is 70.8 cm³/mol. The number of rotatable bonds is 3. The molecule has 100 valence electrons. The molecule has 2 rings (SSSR count). The SMILES string of the molecule is CCC(O)(c1cc(F)ccc1C)c1ccccc1F. The van der Waals surface area contributed by atoms with Crippen molar-refractivity contribution < 1.29 is 13.9 Å². The molecule has 0 aliphatic heterocycles. The third kappa shape index (κ3) is 2.38. The second-order valence-corrected chi connectivity index (χ2v) is 4.65. The summed E-state index contributed by atoms with van der Waals surface area (Å²) in [5.74, 6) is -0.931. The topological polar surface area (TPSA) is 20.2 Å². The molecule has 0 aliphatic rings. The van der Waals surface area contributed by atoms with Crippen LogP contribution in [0.5, 0.6) is 0 Å². The highest BCUT2D eigenvalue weighted by Gasteiger charge is 2.33. The Balaban J connectivity index is 2.66. The molecule has 0 radical (unpaired) electrons. The average Bonchev–Trinajstić information content (AvgIpc) is 2.41. The van der Waals surface area contributed by atoms with Crippen LogP contribution in [-0.2, 0) is 5.60 Å². The number of halogens is 2. The largest absolute Gasteiger partial charge is 0.380 e. The highest BCUT2D eigenvalue weighted by atomic mass is 19.1. The monoisotopic (exact) mass is 262 g/mol. The normalized spacial score (nSPS) is 14.2. The highest BCUT2D eigenvalue weighted by Crippen LogP contribution is 2.36. The molecular formula is C16H16F2O. The molecule has 0 saturated heterocycles. The second-order valence-electron chi connectivity index (χ2n) is 4.65. The van der Waals surface area contributed by atoms with E-state index in [1.807, 2.05) is 0 Å². The summed E-state index contributed by atoms with van der Waals surface area (Å²) in [4.78, 5) is 0. The van der Waals surface area contributed by atoms with Crippen LogP contribution in [0.2, 0.25) is 0 Å². The summed E-state index contributed by atoms with van der Waals surface area (Å²) < 4.78 is 27.4. The number of benzene rings is 2. The van der Waals surface area contributed by atoms with Crippen molar-refractivity contribution in [3.05, 3.63) is 70.8 Å². The number of aryl methyl sites for hydroxylation is 1. The number of hydrogen-bond acceptors (Lipinski definition) is 1. The summed E-state index contributed by atoms with van der Waals surface area (Å²) in [6, 6.07) is 10.2. The van der Waals surface area contributed by atoms with Crippen LogP contribution in [0.25, 0.3) is 0 Å². The van der Waals surface area contributed by atoms with Gasteiger partial charge in [0.1, 0.15) is 17.2 Å². The zero-order chi connectivity index (χ0) is 14.0. The maximum absolute atomic E-state index is 13.9. The van der Waals surface area contributed by atoms with Crippen molar-refractivity contribution in [2.45, 2.75) is 25.9 Å². The second kappa shape index (κ2) is 5.10. The zero-order valence-electron chi connectivity index (χ0n) is 11.0. The molecule has 3 heteroatoms. The molecule has 1 unspecified atom stereocenters. The van der Waals surface area contributed by atoms with Gasteiger partial charge in [-0.15, -0.1) is 0 Å². The minimum absolute atomic E-state index is 0.172. The van der Waals surface area contributed by atoms with Gasteiger partial charge in [-0.25, -0.2) is 8.78 Å². The van der Waals surface area contributed by atoms with Crippen LogP contribution in [0.1, 0.15) is 30.0 Å². The lowest BCUT2D eigenvalue weighted by Gasteiger charge is -2.30. The summed E-state index contributed by atoms with van der Waals surface area (Å²) in [6.07, 6.45) is 0.262. The molecule has 19 heavy (non-hydrogen) atoms. The molecule has 0 fully saturated rings. The Morgan fingerprint density at radius 3 is 2.37 bits per heavy atom. The fraction of sp³-hybridized carbons (Fsp3) is 0.250. The van der Waals surface area contributed by atoms with Gasteiger partial charge in [-0.05, 0) is 42.7 Å². The first kappa shape index (κ1) is 13.7. The van der Waals surface area contributed by atoms with Crippen LogP contribution in [0.15, 0.2) is 42.5 Å². The fourth-order valence-electron chi connectivity index (χ4n) is 2.36. The van der Waals surface area contributed by atoms with Crippen LogP contribution in [0.3, 0.4) is 0 Å². The Morgan fingerprint density at radius 2 is 1.74 bits per heavy atom. The van der Waals surface area contributed by atoms with Crippen molar-refractivity contribution in [1.82, 2.24) is 0 Å². The molecule has 1 N–H and O–H groups in total. The summed E-state index contributed by atoms with van der Waals surface area (Å²) in [5.41, 5.74) is -0.211. The maximum Gasteiger partial charge on any atom is 0.129 e. The summed E-state index contributed by atoms with van der Waals surface area (Å²) in [7, 11) is 0. The third-order valence-corrected chi connectivity index (χ3v) is 3.48. The minimum atomic E-state index is -1.52. The molecule has 0 heterocycles. The van der Waals surface area contributed by atoms with Gasteiger partial charge in [0, 0.05) is 5.56 Å². The summed E-state index contributed by atoms with van der Waals surface area (Å²) in [5, 5.41) is 10.8. The van der Waals surface area contributed by atoms with Crippen LogP contribution < -0.4 is 0 Å². The van der Waals surface area contributed by atoms with Crippen molar-refractivity contribution in [2.24, 2.45) is 0 Å². The Labute approximate surface area is 111 Å². The van der Waals surface area contributed by atoms with Crippen LogP contribution in [0.4, 0.5) is 8.78 Å². The molecule has 0 aliphatic carbocycles. The van der Waals surface area contributed by atoms with Gasteiger partial charge in [0.15, 0.2) is 0 Å². The molecule has 1 nitrogen and oxygen atoms in total. The fourth-order valence-corrected chi connectivity index (χ4v) is 2.36. The number of aliphatic hydroxyl groups is 1. The molecule has 0 saturated carbocycles. The third-order valence-electron chi connectivity index (χ3n) is 3.48. The predicted octanol–water partition coefficient (Wildman–Crippen LogP) is 3.92. The zero-order valence-corrected chi connectivity index (χ0v) is 11.0. The first-order chi connectivity index (χ1) is 8.99. The van der Waals surface area contributed by atoms with Gasteiger partial charge >= 0.3 is 0 Å². The van der Waals surface area contributed by atoms with E-state index in [1.165, 1.54) is 24.3 Å². The quantitative estimate of drug-likeness (QED) is 0.889. The van der Waals surface area contributed by atoms with Crippen molar-refractivity contribution in [3.63, 3.8) is 0 Å². The van der Waals surface area contributed by atoms with E-state index in [0.29, 0.717) is 5.56 Å². The van der Waals surface area contributed by atoms with Crippen molar-refractivity contribution in [1.29, 1.82) is 0 Å². The Kier molecular flexibility index (Phi) is 3.67. The first-order valence-electron chi connectivity index (χ1n) is 6.23. The standard InChI is InChI=1S/C16H16F2O/c1-3-16(19,13-6-4-5-7-15(13)18)14-10-12(17)9-8-11(14)2/h4-10,19H,3H2,1-2H3. The lowest BCUT2D eigenvalue weighted by atomic mass is 9.81. The van der Waals surface area contributed by atoms with Gasteiger partial charge < -0.3 is 5.11 Å². The van der Waals surface area contributed by atoms with Crippen LogP contribution >= 0.6 is 0 Å². The molecule has 0 spiro atoms. The van der Waals surface area contributed by atoms with Crippen LogP contribution in [0, 0.1) is 18.6 Å². The molecular weight excluding hydrogens is 246 g/mol. The van der Waals surface area contributed by atoms with E-state index in [2.05, 4.69) is 0 Å². The maximum atomic E-state index is 13.9. The Morgan fingerprint density at radius 1 is 1.05 bits per heavy atom. The summed E-state index contributed by atoms with van der Waals surface area (Å²) >= 11 is 0. The molecule has 0 amide bonds. The van der Waals surface area contributed by atoms with E-state index >= 15 is 0 Å². The lowest BCUT2D eigenvalue weighted by molar-refractivity contribution is 0.0716. The van der Waals surface area contributed by atoms with Gasteiger partial charge in [0.25, 0.3) is 0 Å². The molecule has 1 atom stereocenters. The smallest absolute Gasteiger partial charge is 0.129 e. The van der Waals surface area contributed by atoms with Crippen molar-refractivity contribution in [3.8, 4) is 0 Å².